The highest BCUT2D eigenvalue weighted by molar-refractivity contribution is 5.79. The zero-order valence-corrected chi connectivity index (χ0v) is 14.2. The third-order valence-electron chi connectivity index (χ3n) is 5.27. The van der Waals surface area contributed by atoms with Crippen LogP contribution in [-0.2, 0) is 11.3 Å². The number of nitrogens with zero attached hydrogens (tertiary/aromatic N) is 2. The third-order valence-corrected chi connectivity index (χ3v) is 5.27. The van der Waals surface area contributed by atoms with Crippen molar-refractivity contribution in [2.24, 2.45) is 5.92 Å². The summed E-state index contributed by atoms with van der Waals surface area (Å²) in [5.74, 6) is 0.516. The van der Waals surface area contributed by atoms with Crippen molar-refractivity contribution >= 4 is 5.91 Å². The number of likely N-dealkylation sites (tertiary alicyclic amines) is 1. The maximum atomic E-state index is 12.7. The Kier molecular flexibility index (Phi) is 5.68. The zero-order chi connectivity index (χ0) is 16.1. The molecule has 2 atom stereocenters. The maximum absolute atomic E-state index is 12.7. The van der Waals surface area contributed by atoms with Crippen LogP contribution in [0.1, 0.15) is 31.2 Å². The first-order valence-electron chi connectivity index (χ1n) is 8.97. The Morgan fingerprint density at radius 3 is 2.83 bits per heavy atom. The third kappa shape index (κ3) is 4.33. The highest BCUT2D eigenvalue weighted by Gasteiger charge is 2.30. The van der Waals surface area contributed by atoms with Crippen LogP contribution in [0.5, 0.6) is 0 Å². The predicted molar refractivity (Wildman–Crippen MR) is 93.1 cm³/mol. The predicted octanol–water partition coefficient (Wildman–Crippen LogP) is 2.11. The van der Waals surface area contributed by atoms with Gasteiger partial charge in [-0.15, -0.1) is 0 Å². The van der Waals surface area contributed by atoms with Gasteiger partial charge in [0.15, 0.2) is 0 Å². The fraction of sp³-hybridized carbons (Fsp3) is 0.632. The minimum atomic E-state index is 0.179. The second kappa shape index (κ2) is 7.93. The number of benzene rings is 1. The maximum Gasteiger partial charge on any atom is 0.227 e. The minimum absolute atomic E-state index is 0.179. The molecule has 2 unspecified atom stereocenters. The van der Waals surface area contributed by atoms with Gasteiger partial charge in [-0.25, -0.2) is 0 Å². The van der Waals surface area contributed by atoms with Crippen molar-refractivity contribution in [2.45, 2.75) is 38.3 Å². The molecule has 0 bridgehead atoms. The van der Waals surface area contributed by atoms with Crippen LogP contribution in [0.15, 0.2) is 30.3 Å². The summed E-state index contributed by atoms with van der Waals surface area (Å²) in [6, 6.07) is 11.0. The number of hydrogen-bond acceptors (Lipinski definition) is 3. The minimum Gasteiger partial charge on any atom is -0.341 e. The molecule has 0 saturated carbocycles. The summed E-state index contributed by atoms with van der Waals surface area (Å²) in [6.45, 7) is 5.03. The lowest BCUT2D eigenvalue weighted by Crippen LogP contribution is -2.51. The van der Waals surface area contributed by atoms with E-state index < -0.39 is 0 Å². The van der Waals surface area contributed by atoms with E-state index in [1.54, 1.807) is 0 Å². The Balaban J connectivity index is 1.55. The summed E-state index contributed by atoms with van der Waals surface area (Å²) in [5, 5.41) is 3.36. The summed E-state index contributed by atoms with van der Waals surface area (Å²) in [5.41, 5.74) is 1.36. The van der Waals surface area contributed by atoms with Crippen LogP contribution in [-0.4, -0.2) is 55.0 Å². The summed E-state index contributed by atoms with van der Waals surface area (Å²) >= 11 is 0. The first-order valence-corrected chi connectivity index (χ1v) is 8.97. The van der Waals surface area contributed by atoms with Crippen LogP contribution in [0.25, 0.3) is 0 Å². The monoisotopic (exact) mass is 315 g/mol. The Morgan fingerprint density at radius 1 is 1.26 bits per heavy atom. The van der Waals surface area contributed by atoms with Crippen molar-refractivity contribution in [1.82, 2.24) is 15.1 Å². The smallest absolute Gasteiger partial charge is 0.227 e. The molecule has 126 valence electrons. The number of amides is 1. The summed E-state index contributed by atoms with van der Waals surface area (Å²) < 4.78 is 0. The van der Waals surface area contributed by atoms with E-state index in [-0.39, 0.29) is 5.92 Å². The quantitative estimate of drug-likeness (QED) is 0.924. The van der Waals surface area contributed by atoms with Crippen LogP contribution in [0, 0.1) is 5.92 Å². The van der Waals surface area contributed by atoms with Gasteiger partial charge in [0.1, 0.15) is 0 Å². The molecule has 2 heterocycles. The van der Waals surface area contributed by atoms with E-state index in [0.717, 1.165) is 52.0 Å². The Morgan fingerprint density at radius 2 is 2.09 bits per heavy atom. The molecule has 2 aliphatic heterocycles. The Hall–Kier alpha value is -1.39. The number of likely N-dealkylation sites (N-methyl/N-ethyl adjacent to an activating group) is 1. The fourth-order valence-corrected chi connectivity index (χ4v) is 3.86. The lowest BCUT2D eigenvalue weighted by molar-refractivity contribution is -0.138. The molecule has 4 nitrogen and oxygen atoms in total. The molecule has 0 aromatic heterocycles. The van der Waals surface area contributed by atoms with Crippen LogP contribution in [0.2, 0.25) is 0 Å². The SMILES string of the molecule is CN(C(=O)C1CCCNC1)C1CCCN(Cc2ccccc2)C1. The van der Waals surface area contributed by atoms with E-state index in [0.29, 0.717) is 11.9 Å². The van der Waals surface area contributed by atoms with Crippen LogP contribution in [0.4, 0.5) is 0 Å². The average Bonchev–Trinajstić information content (AvgIpc) is 2.62. The molecule has 0 aliphatic carbocycles. The van der Waals surface area contributed by atoms with Gasteiger partial charge in [-0.05, 0) is 44.3 Å². The van der Waals surface area contributed by atoms with Gasteiger partial charge in [0.2, 0.25) is 5.91 Å². The summed E-state index contributed by atoms with van der Waals surface area (Å²) in [4.78, 5) is 17.3. The van der Waals surface area contributed by atoms with Crippen molar-refractivity contribution in [2.75, 3.05) is 33.2 Å². The van der Waals surface area contributed by atoms with Crippen LogP contribution >= 0.6 is 0 Å². The molecule has 2 fully saturated rings. The van der Waals surface area contributed by atoms with Crippen molar-refractivity contribution in [1.29, 1.82) is 0 Å². The normalized spacial score (nSPS) is 26.0. The van der Waals surface area contributed by atoms with E-state index in [1.165, 1.54) is 12.0 Å². The van der Waals surface area contributed by atoms with E-state index in [1.807, 2.05) is 11.9 Å². The van der Waals surface area contributed by atoms with Gasteiger partial charge in [-0.3, -0.25) is 9.69 Å². The standard InChI is InChI=1S/C19H29N3O/c1-21(19(23)17-9-5-11-20-13-17)18-10-6-12-22(15-18)14-16-7-3-2-4-8-16/h2-4,7-8,17-18,20H,5-6,9-15H2,1H3. The van der Waals surface area contributed by atoms with Crippen LogP contribution < -0.4 is 5.32 Å². The van der Waals surface area contributed by atoms with E-state index in [4.69, 9.17) is 0 Å². The Bertz CT molecular complexity index is 499. The lowest BCUT2D eigenvalue weighted by Gasteiger charge is -2.39. The second-order valence-electron chi connectivity index (χ2n) is 7.01. The van der Waals surface area contributed by atoms with Crippen LogP contribution in [0.3, 0.4) is 0 Å². The molecular weight excluding hydrogens is 286 g/mol. The molecular formula is C19H29N3O. The fourth-order valence-electron chi connectivity index (χ4n) is 3.86. The topological polar surface area (TPSA) is 35.6 Å². The van der Waals surface area contributed by atoms with Crippen molar-refractivity contribution in [3.05, 3.63) is 35.9 Å². The van der Waals surface area contributed by atoms with E-state index >= 15 is 0 Å². The second-order valence-corrected chi connectivity index (χ2v) is 7.01. The number of rotatable bonds is 4. The number of carbonyl (C=O) groups is 1. The molecule has 1 aromatic carbocycles. The van der Waals surface area contributed by atoms with Crippen molar-refractivity contribution in [3.63, 3.8) is 0 Å². The molecule has 1 aromatic rings. The number of carbonyl (C=O) groups excluding carboxylic acids is 1. The molecule has 0 radical (unpaired) electrons. The molecule has 1 N–H and O–H groups in total. The highest BCUT2D eigenvalue weighted by atomic mass is 16.2. The highest BCUT2D eigenvalue weighted by Crippen LogP contribution is 2.20. The molecule has 4 heteroatoms. The van der Waals surface area contributed by atoms with Gasteiger partial charge < -0.3 is 10.2 Å². The number of piperidine rings is 2. The lowest BCUT2D eigenvalue weighted by atomic mass is 9.96. The van der Waals surface area contributed by atoms with Gasteiger partial charge >= 0.3 is 0 Å². The van der Waals surface area contributed by atoms with Gasteiger partial charge in [0.25, 0.3) is 0 Å². The van der Waals surface area contributed by atoms with Crippen molar-refractivity contribution < 1.29 is 4.79 Å². The number of hydrogen-bond donors (Lipinski definition) is 1. The van der Waals surface area contributed by atoms with E-state index in [2.05, 4.69) is 40.5 Å². The van der Waals surface area contributed by atoms with Crippen molar-refractivity contribution in [3.8, 4) is 0 Å². The first kappa shape index (κ1) is 16.5. The molecule has 1 amide bonds. The van der Waals surface area contributed by atoms with Gasteiger partial charge in [-0.2, -0.15) is 0 Å². The Labute approximate surface area is 139 Å². The van der Waals surface area contributed by atoms with Gasteiger partial charge in [0.05, 0.1) is 5.92 Å². The molecule has 3 rings (SSSR count). The zero-order valence-electron chi connectivity index (χ0n) is 14.2. The molecule has 0 spiro atoms. The molecule has 2 aliphatic rings. The van der Waals surface area contributed by atoms with E-state index in [9.17, 15) is 4.79 Å². The summed E-state index contributed by atoms with van der Waals surface area (Å²) in [6.07, 6.45) is 4.47. The van der Waals surface area contributed by atoms with Gasteiger partial charge in [-0.1, -0.05) is 30.3 Å². The van der Waals surface area contributed by atoms with Gasteiger partial charge in [0, 0.05) is 32.7 Å². The number of nitrogens with one attached hydrogen (secondary N) is 1. The first-order chi connectivity index (χ1) is 11.2. The molecule has 2 saturated heterocycles. The molecule has 23 heavy (non-hydrogen) atoms. The largest absolute Gasteiger partial charge is 0.341 e. The summed E-state index contributed by atoms with van der Waals surface area (Å²) in [7, 11) is 2.01. The average molecular weight is 315 g/mol.